The highest BCUT2D eigenvalue weighted by Gasteiger charge is 2.22. The van der Waals surface area contributed by atoms with Gasteiger partial charge in [-0.05, 0) is 49.4 Å². The van der Waals surface area contributed by atoms with E-state index in [-0.39, 0.29) is 41.8 Å². The largest absolute Gasteiger partial charge is 0.505 e. The number of amides is 1. The molecule has 5 rings (SSSR count). The van der Waals surface area contributed by atoms with Crippen molar-refractivity contribution in [1.82, 2.24) is 24.8 Å². The van der Waals surface area contributed by atoms with Crippen molar-refractivity contribution < 1.29 is 28.9 Å². The Bertz CT molecular complexity index is 1690. The summed E-state index contributed by atoms with van der Waals surface area (Å²) in [6.45, 7) is 2.16. The number of nitrogens with zero attached hydrogens (tertiary/aromatic N) is 3. The number of aromatic hydroxyl groups is 1. The first-order valence-electron chi connectivity index (χ1n) is 11.8. The summed E-state index contributed by atoms with van der Waals surface area (Å²) in [7, 11) is 1.83. The Hall–Kier alpha value is -4.93. The molecule has 0 spiro atoms. The lowest BCUT2D eigenvalue weighted by Crippen LogP contribution is -2.28. The number of carbonyl (C=O) groups excluding carboxylic acids is 1. The topological polar surface area (TPSA) is 142 Å². The van der Waals surface area contributed by atoms with E-state index in [1.807, 2.05) is 18.5 Å². The molecule has 38 heavy (non-hydrogen) atoms. The number of phenolic OH excluding ortho intramolecular Hbond substituents is 1. The molecule has 1 unspecified atom stereocenters. The second-order valence-electron chi connectivity index (χ2n) is 8.78. The van der Waals surface area contributed by atoms with E-state index in [2.05, 4.69) is 15.3 Å². The lowest BCUT2D eigenvalue weighted by atomic mass is 10.1. The summed E-state index contributed by atoms with van der Waals surface area (Å²) in [5.74, 6) is -1.60. The molecule has 3 aromatic carbocycles. The van der Waals surface area contributed by atoms with E-state index >= 15 is 0 Å². The number of carboxylic acid groups (broad SMARTS) is 1. The molecule has 10 nitrogen and oxygen atoms in total. The number of fused-ring (bicyclic) bond motifs is 2. The number of H-pyrrole nitrogens is 1. The number of benzene rings is 3. The van der Waals surface area contributed by atoms with Crippen molar-refractivity contribution in [2.45, 2.75) is 12.8 Å². The zero-order valence-electron chi connectivity index (χ0n) is 20.5. The number of phenols is 1. The molecule has 0 fully saturated rings. The van der Waals surface area contributed by atoms with Gasteiger partial charge in [0.15, 0.2) is 11.6 Å². The van der Waals surface area contributed by atoms with Crippen LogP contribution >= 0.6 is 0 Å². The predicted molar refractivity (Wildman–Crippen MR) is 137 cm³/mol. The van der Waals surface area contributed by atoms with E-state index < -0.39 is 17.5 Å². The van der Waals surface area contributed by atoms with Crippen molar-refractivity contribution in [3.05, 3.63) is 83.2 Å². The summed E-state index contributed by atoms with van der Waals surface area (Å²) < 4.78 is 21.6. The zero-order valence-corrected chi connectivity index (χ0v) is 20.5. The maximum atomic E-state index is 14.3. The van der Waals surface area contributed by atoms with Crippen LogP contribution in [0.3, 0.4) is 0 Å². The van der Waals surface area contributed by atoms with Gasteiger partial charge < -0.3 is 29.8 Å². The van der Waals surface area contributed by atoms with Crippen LogP contribution in [0.2, 0.25) is 0 Å². The van der Waals surface area contributed by atoms with Crippen LogP contribution in [-0.2, 0) is 7.05 Å². The Balaban J connectivity index is 1.30. The molecule has 194 valence electrons. The molecule has 11 heteroatoms. The Morgan fingerprint density at radius 3 is 2.74 bits per heavy atom. The predicted octanol–water partition coefficient (Wildman–Crippen LogP) is 3.95. The van der Waals surface area contributed by atoms with E-state index in [0.717, 1.165) is 5.52 Å². The van der Waals surface area contributed by atoms with Gasteiger partial charge in [-0.1, -0.05) is 12.1 Å². The normalized spacial score (nSPS) is 12.1. The highest BCUT2D eigenvalue weighted by atomic mass is 19.1. The molecule has 5 aromatic rings. The highest BCUT2D eigenvalue weighted by Crippen LogP contribution is 2.29. The van der Waals surface area contributed by atoms with Crippen LogP contribution < -0.4 is 10.1 Å². The highest BCUT2D eigenvalue weighted by molar-refractivity contribution is 5.97. The monoisotopic (exact) mass is 517 g/mol. The average Bonchev–Trinajstić information content (AvgIpc) is 3.50. The fourth-order valence-corrected chi connectivity index (χ4v) is 4.31. The van der Waals surface area contributed by atoms with Gasteiger partial charge in [-0.3, -0.25) is 4.79 Å². The van der Waals surface area contributed by atoms with Crippen molar-refractivity contribution in [3.63, 3.8) is 0 Å². The van der Waals surface area contributed by atoms with Crippen molar-refractivity contribution >= 4 is 33.9 Å². The van der Waals surface area contributed by atoms with E-state index in [1.54, 1.807) is 42.5 Å². The third kappa shape index (κ3) is 4.49. The maximum absolute atomic E-state index is 14.3. The summed E-state index contributed by atoms with van der Waals surface area (Å²) in [4.78, 5) is 36.1. The van der Waals surface area contributed by atoms with Crippen molar-refractivity contribution in [2.75, 3.05) is 13.2 Å². The first-order chi connectivity index (χ1) is 18.2. The average molecular weight is 518 g/mol. The molecular formula is C27H24FN5O5. The second-order valence-corrected chi connectivity index (χ2v) is 8.78. The molecule has 0 aliphatic carbocycles. The number of nitrogens with one attached hydrogen (secondary N) is 2. The fraction of sp³-hybridized carbons (Fsp3) is 0.185. The van der Waals surface area contributed by atoms with Crippen molar-refractivity contribution in [2.24, 2.45) is 7.05 Å². The van der Waals surface area contributed by atoms with Crippen LogP contribution in [0.4, 0.5) is 4.39 Å². The number of hydrogen-bond donors (Lipinski definition) is 4. The number of carbonyl (C=O) groups is 2. The number of para-hydroxylation sites is 1. The Morgan fingerprint density at radius 2 is 1.95 bits per heavy atom. The first kappa shape index (κ1) is 24.8. The number of rotatable bonds is 8. The second kappa shape index (κ2) is 9.85. The molecule has 0 bridgehead atoms. The van der Waals surface area contributed by atoms with Crippen molar-refractivity contribution in [3.8, 4) is 11.5 Å². The smallest absolute Gasteiger partial charge is 0.339 e. The minimum Gasteiger partial charge on any atom is -0.505 e. The number of aryl methyl sites for hydroxylation is 1. The van der Waals surface area contributed by atoms with Crippen LogP contribution in [0, 0.1) is 5.82 Å². The van der Waals surface area contributed by atoms with Crippen LogP contribution in [0.25, 0.3) is 22.1 Å². The summed E-state index contributed by atoms with van der Waals surface area (Å²) in [6.07, 6.45) is 0. The van der Waals surface area contributed by atoms with E-state index in [1.165, 1.54) is 12.1 Å². The minimum atomic E-state index is -1.09. The van der Waals surface area contributed by atoms with Crippen LogP contribution in [-0.4, -0.2) is 54.8 Å². The van der Waals surface area contributed by atoms with Gasteiger partial charge in [0.1, 0.15) is 35.1 Å². The van der Waals surface area contributed by atoms with Gasteiger partial charge in [-0.25, -0.2) is 19.2 Å². The van der Waals surface area contributed by atoms with Gasteiger partial charge in [0, 0.05) is 12.6 Å². The molecule has 4 N–H and O–H groups in total. The molecule has 2 heterocycles. The lowest BCUT2D eigenvalue weighted by Gasteiger charge is -2.10. The van der Waals surface area contributed by atoms with Gasteiger partial charge in [-0.2, -0.15) is 0 Å². The fourth-order valence-electron chi connectivity index (χ4n) is 4.31. The standard InChI is InChI=1S/C27H24FN5O5/c1-14(24-30-18-9-10-20(34)22(28)23(18)32-24)25-31-17-8-7-15(13-19(17)33(25)2)26(35)29-11-12-38-21-6-4-3-5-16(21)27(36)37/h3-10,13-14,34H,11-12H2,1-2H3,(H,29,35)(H,30,32)(H,36,37). The number of aromatic nitrogens is 4. The van der Waals surface area contributed by atoms with E-state index in [4.69, 9.17) is 9.72 Å². The Morgan fingerprint density at radius 1 is 1.16 bits per heavy atom. The Labute approximate surface area is 215 Å². The third-order valence-corrected chi connectivity index (χ3v) is 6.33. The van der Waals surface area contributed by atoms with Crippen molar-refractivity contribution in [1.29, 1.82) is 0 Å². The molecule has 0 saturated carbocycles. The molecule has 0 aliphatic heterocycles. The number of aromatic carboxylic acids is 1. The van der Waals surface area contributed by atoms with Crippen LogP contribution in [0.15, 0.2) is 54.6 Å². The molecule has 0 aliphatic rings. The number of aromatic amines is 1. The van der Waals surface area contributed by atoms with Gasteiger partial charge in [0.05, 0.1) is 29.0 Å². The van der Waals surface area contributed by atoms with Crippen LogP contribution in [0.1, 0.15) is 45.2 Å². The first-order valence-corrected chi connectivity index (χ1v) is 11.8. The van der Waals surface area contributed by atoms with E-state index in [9.17, 15) is 24.2 Å². The van der Waals surface area contributed by atoms with Gasteiger partial charge in [0.2, 0.25) is 0 Å². The summed E-state index contributed by atoms with van der Waals surface area (Å²) >= 11 is 0. The lowest BCUT2D eigenvalue weighted by molar-refractivity contribution is 0.0691. The Kier molecular flexibility index (Phi) is 6.41. The molecule has 1 atom stereocenters. The van der Waals surface area contributed by atoms with E-state index in [0.29, 0.717) is 28.2 Å². The molecule has 1 amide bonds. The third-order valence-electron chi connectivity index (χ3n) is 6.33. The van der Waals surface area contributed by atoms with Gasteiger partial charge in [0.25, 0.3) is 5.91 Å². The number of imidazole rings is 2. The summed E-state index contributed by atoms with van der Waals surface area (Å²) in [6, 6.07) is 14.3. The number of hydrogen-bond acceptors (Lipinski definition) is 6. The summed E-state index contributed by atoms with van der Waals surface area (Å²) in [5, 5.41) is 21.6. The van der Waals surface area contributed by atoms with Gasteiger partial charge >= 0.3 is 5.97 Å². The van der Waals surface area contributed by atoms with Gasteiger partial charge in [-0.15, -0.1) is 0 Å². The number of carboxylic acids is 1. The number of ether oxygens (including phenoxy) is 1. The zero-order chi connectivity index (χ0) is 27.0. The SMILES string of the molecule is CC(c1nc2c(F)c(O)ccc2[nH]1)c1nc2ccc(C(=O)NCCOc3ccccc3C(=O)O)cc2n1C. The molecular weight excluding hydrogens is 493 g/mol. The molecule has 2 aromatic heterocycles. The number of halogens is 1. The minimum absolute atomic E-state index is 0.0523. The molecule has 0 saturated heterocycles. The molecule has 0 radical (unpaired) electrons. The summed E-state index contributed by atoms with van der Waals surface area (Å²) in [5.41, 5.74) is 2.41. The van der Waals surface area contributed by atoms with Crippen LogP contribution in [0.5, 0.6) is 11.5 Å². The quantitative estimate of drug-likeness (QED) is 0.228. The maximum Gasteiger partial charge on any atom is 0.339 e.